The third-order valence-electron chi connectivity index (χ3n) is 5.02. The van der Waals surface area contributed by atoms with Crippen molar-refractivity contribution in [1.82, 2.24) is 0 Å². The molecule has 0 fully saturated rings. The molecule has 0 saturated carbocycles. The van der Waals surface area contributed by atoms with Gasteiger partial charge in [-0.25, -0.2) is 0 Å². The number of thiol groups is 1. The first kappa shape index (κ1) is 21.4. The Morgan fingerprint density at radius 3 is 2.69 bits per heavy atom. The van der Waals surface area contributed by atoms with Crippen LogP contribution in [0.15, 0.2) is 58.4 Å². The lowest BCUT2D eigenvalue weighted by Crippen LogP contribution is -2.06. The van der Waals surface area contributed by atoms with Gasteiger partial charge in [0, 0.05) is 12.3 Å². The third kappa shape index (κ3) is 6.36. The molecule has 0 N–H and O–H groups in total. The maximum atomic E-state index is 11.9. The van der Waals surface area contributed by atoms with E-state index in [0.717, 1.165) is 35.6 Å². The summed E-state index contributed by atoms with van der Waals surface area (Å²) in [5.74, 6) is 1.68. The lowest BCUT2D eigenvalue weighted by Gasteiger charge is -2.20. The lowest BCUT2D eigenvalue weighted by molar-refractivity contribution is -0.139. The van der Waals surface area contributed by atoms with E-state index >= 15 is 0 Å². The minimum absolute atomic E-state index is 0.229. The fourth-order valence-corrected chi connectivity index (χ4v) is 5.90. The van der Waals surface area contributed by atoms with Crippen molar-refractivity contribution in [3.05, 3.63) is 59.7 Å². The monoisotopic (exact) mass is 413 g/mol. The Labute approximate surface area is 176 Å². The quantitative estimate of drug-likeness (QED) is 0.325. The zero-order valence-electron chi connectivity index (χ0n) is 17.4. The summed E-state index contributed by atoms with van der Waals surface area (Å²) in [6.07, 6.45) is 5.01. The van der Waals surface area contributed by atoms with Crippen molar-refractivity contribution in [2.24, 2.45) is 4.99 Å². The molecule has 0 aromatic heterocycles. The van der Waals surface area contributed by atoms with E-state index < -0.39 is 10.9 Å². The van der Waals surface area contributed by atoms with Gasteiger partial charge in [-0.2, -0.15) is 10.9 Å². The van der Waals surface area contributed by atoms with Crippen LogP contribution in [0.5, 0.6) is 5.75 Å². The molecule has 3 rings (SSSR count). The van der Waals surface area contributed by atoms with Crippen LogP contribution in [0.2, 0.25) is 0 Å². The highest BCUT2D eigenvalue weighted by Gasteiger charge is 2.20. The smallest absolute Gasteiger partial charge is 0.309 e. The van der Waals surface area contributed by atoms with E-state index in [4.69, 9.17) is 14.5 Å². The largest absolute Gasteiger partial charge is 0.489 e. The summed E-state index contributed by atoms with van der Waals surface area (Å²) in [5.41, 5.74) is 2.07. The van der Waals surface area contributed by atoms with E-state index in [1.165, 1.54) is 36.3 Å². The standard InChI is InChI=1S/C24H31NO3S/c1-3-4-6-11-23-25-12-13-29(23)22-15-20(16-24(26)27-2)14-21(17-22)28-18-19-9-7-5-8-10-19/h5,7-10,14-15,17,29H,3-4,6,11-13,16,18H2,1-2H3. The Balaban J connectivity index is 1.80. The van der Waals surface area contributed by atoms with E-state index in [1.807, 2.05) is 24.3 Å². The fourth-order valence-electron chi connectivity index (χ4n) is 3.48. The van der Waals surface area contributed by atoms with Crippen molar-refractivity contribution < 1.29 is 14.3 Å². The molecule has 0 spiro atoms. The molecule has 1 heterocycles. The number of ether oxygens (including phenoxy) is 2. The number of rotatable bonds is 10. The summed E-state index contributed by atoms with van der Waals surface area (Å²) in [4.78, 5) is 17.9. The molecule has 1 unspecified atom stereocenters. The van der Waals surface area contributed by atoms with Crippen molar-refractivity contribution in [3.63, 3.8) is 0 Å². The number of aliphatic imine (C=N–C) groups is 1. The number of unbranched alkanes of at least 4 members (excludes halogenated alkanes) is 2. The molecule has 2 aromatic carbocycles. The van der Waals surface area contributed by atoms with Gasteiger partial charge < -0.3 is 9.47 Å². The summed E-state index contributed by atoms with van der Waals surface area (Å²) in [6, 6.07) is 16.4. The molecule has 5 heteroatoms. The SMILES string of the molecule is CCCCCC1=NCC[SH]1c1cc(CC(=O)OC)cc(OCc2ccccc2)c1. The number of carbonyl (C=O) groups excluding carboxylic acids is 1. The minimum Gasteiger partial charge on any atom is -0.489 e. The average molecular weight is 414 g/mol. The number of hydrogen-bond donors (Lipinski definition) is 1. The molecular weight excluding hydrogens is 382 g/mol. The number of benzene rings is 2. The van der Waals surface area contributed by atoms with E-state index in [-0.39, 0.29) is 12.4 Å². The van der Waals surface area contributed by atoms with Gasteiger partial charge in [-0.05, 0) is 47.1 Å². The maximum Gasteiger partial charge on any atom is 0.309 e. The van der Waals surface area contributed by atoms with Gasteiger partial charge in [0.05, 0.1) is 18.6 Å². The van der Waals surface area contributed by atoms with Gasteiger partial charge in [0.25, 0.3) is 0 Å². The van der Waals surface area contributed by atoms with Gasteiger partial charge in [-0.1, -0.05) is 50.1 Å². The number of esters is 1. The second kappa shape index (κ2) is 11.1. The Morgan fingerprint density at radius 1 is 1.10 bits per heavy atom. The highest BCUT2D eigenvalue weighted by Crippen LogP contribution is 2.44. The predicted octanol–water partition coefficient (Wildman–Crippen LogP) is 5.33. The third-order valence-corrected chi connectivity index (χ3v) is 7.54. The first-order valence-electron chi connectivity index (χ1n) is 10.4. The zero-order valence-corrected chi connectivity index (χ0v) is 18.3. The molecule has 0 saturated heterocycles. The summed E-state index contributed by atoms with van der Waals surface area (Å²) >= 11 is 0. The number of nitrogens with zero attached hydrogens (tertiary/aromatic N) is 1. The normalized spacial score (nSPS) is 17.0. The van der Waals surface area contributed by atoms with Crippen molar-refractivity contribution in [2.75, 3.05) is 19.4 Å². The van der Waals surface area contributed by atoms with Crippen LogP contribution in [0.4, 0.5) is 0 Å². The summed E-state index contributed by atoms with van der Waals surface area (Å²) in [5, 5.41) is 1.36. The second-order valence-electron chi connectivity index (χ2n) is 7.27. The molecule has 4 nitrogen and oxygen atoms in total. The van der Waals surface area contributed by atoms with Gasteiger partial charge in [0.15, 0.2) is 0 Å². The van der Waals surface area contributed by atoms with Crippen LogP contribution in [-0.2, 0) is 22.6 Å². The van der Waals surface area contributed by atoms with Crippen molar-refractivity contribution in [2.45, 2.75) is 50.5 Å². The van der Waals surface area contributed by atoms with Crippen LogP contribution in [0, 0.1) is 0 Å². The van der Waals surface area contributed by atoms with Gasteiger partial charge in [-0.15, -0.1) is 0 Å². The molecule has 0 bridgehead atoms. The van der Waals surface area contributed by atoms with Crippen LogP contribution in [0.3, 0.4) is 0 Å². The molecule has 1 aliphatic heterocycles. The molecule has 1 atom stereocenters. The molecule has 0 amide bonds. The Bertz CT molecular complexity index is 835. The Morgan fingerprint density at radius 2 is 1.93 bits per heavy atom. The highest BCUT2D eigenvalue weighted by atomic mass is 32.2. The Hall–Kier alpha value is -2.27. The molecule has 29 heavy (non-hydrogen) atoms. The van der Waals surface area contributed by atoms with Crippen molar-refractivity contribution in [3.8, 4) is 5.75 Å². The van der Waals surface area contributed by atoms with Crippen LogP contribution in [-0.4, -0.2) is 30.4 Å². The van der Waals surface area contributed by atoms with Gasteiger partial charge >= 0.3 is 5.97 Å². The fraction of sp³-hybridized carbons (Fsp3) is 0.417. The highest BCUT2D eigenvalue weighted by molar-refractivity contribution is 8.30. The summed E-state index contributed by atoms with van der Waals surface area (Å²) in [6.45, 7) is 3.65. The molecule has 2 aromatic rings. The van der Waals surface area contributed by atoms with E-state index in [9.17, 15) is 4.79 Å². The first-order chi connectivity index (χ1) is 14.2. The molecule has 0 aliphatic carbocycles. The number of hydrogen-bond acceptors (Lipinski definition) is 4. The zero-order chi connectivity index (χ0) is 20.5. The van der Waals surface area contributed by atoms with Crippen LogP contribution in [0.1, 0.15) is 43.7 Å². The van der Waals surface area contributed by atoms with Gasteiger partial charge in [-0.3, -0.25) is 9.79 Å². The predicted molar refractivity (Wildman–Crippen MR) is 121 cm³/mol. The van der Waals surface area contributed by atoms with Crippen molar-refractivity contribution in [1.29, 1.82) is 0 Å². The van der Waals surface area contributed by atoms with E-state index in [2.05, 4.69) is 31.2 Å². The van der Waals surface area contributed by atoms with Crippen LogP contribution >= 0.6 is 10.9 Å². The van der Waals surface area contributed by atoms with Crippen LogP contribution in [0.25, 0.3) is 0 Å². The van der Waals surface area contributed by atoms with E-state index in [0.29, 0.717) is 6.61 Å². The van der Waals surface area contributed by atoms with E-state index in [1.54, 1.807) is 0 Å². The summed E-state index contributed by atoms with van der Waals surface area (Å²) in [7, 11) is 1.00. The van der Waals surface area contributed by atoms with Crippen LogP contribution < -0.4 is 4.74 Å². The van der Waals surface area contributed by atoms with Gasteiger partial charge in [0.1, 0.15) is 12.4 Å². The first-order valence-corrected chi connectivity index (χ1v) is 11.9. The molecule has 156 valence electrons. The molecule has 0 radical (unpaired) electrons. The second-order valence-corrected chi connectivity index (χ2v) is 9.60. The maximum absolute atomic E-state index is 11.9. The molecule has 1 aliphatic rings. The topological polar surface area (TPSA) is 47.9 Å². The number of carbonyl (C=O) groups is 1. The lowest BCUT2D eigenvalue weighted by atomic mass is 10.1. The molecular formula is C24H31NO3S. The minimum atomic E-state index is -0.429. The van der Waals surface area contributed by atoms with Crippen molar-refractivity contribution >= 4 is 21.9 Å². The number of methoxy groups -OCH3 is 1. The summed E-state index contributed by atoms with van der Waals surface area (Å²) < 4.78 is 11.0. The average Bonchev–Trinajstić information content (AvgIpc) is 3.21. The Kier molecular flexibility index (Phi) is 8.17. The van der Waals surface area contributed by atoms with Gasteiger partial charge in [0.2, 0.25) is 0 Å².